The molecular weight excluding hydrogens is 366 g/mol. The summed E-state index contributed by atoms with van der Waals surface area (Å²) in [7, 11) is 3.80. The smallest absolute Gasteiger partial charge is 0.306 e. The van der Waals surface area contributed by atoms with E-state index in [9.17, 15) is 4.79 Å². The zero-order chi connectivity index (χ0) is 21.0. The molecule has 1 aromatic carbocycles. The highest BCUT2D eigenvalue weighted by molar-refractivity contribution is 5.70. The Bertz CT molecular complexity index is 759. The van der Waals surface area contributed by atoms with Crippen LogP contribution in [0.2, 0.25) is 0 Å². The van der Waals surface area contributed by atoms with Crippen molar-refractivity contribution in [1.29, 1.82) is 0 Å². The third-order valence-corrected chi connectivity index (χ3v) is 6.25. The number of carbonyl (C=O) groups excluding carboxylic acids is 1. The number of benzene rings is 1. The number of methoxy groups -OCH3 is 1. The molecule has 0 N–H and O–H groups in total. The molecule has 1 aliphatic carbocycles. The minimum atomic E-state index is -0.251. The standard InChI is InChI=1S/C24H35NO4/c1-6-8-9-10-21(26)28-18-13-14-24(3)20(15-18)29-23-19(27-5)12-11-17(22(23)24)16-25(4)7-2/h11-14,18,20H,6-10,15-16H2,1-5H3/t18-,20-,24+/m0/s1. The Balaban J connectivity index is 1.82. The van der Waals surface area contributed by atoms with Crippen LogP contribution in [0.3, 0.4) is 0 Å². The molecule has 29 heavy (non-hydrogen) atoms. The van der Waals surface area contributed by atoms with E-state index in [-0.39, 0.29) is 23.6 Å². The van der Waals surface area contributed by atoms with Crippen LogP contribution in [0.15, 0.2) is 24.3 Å². The summed E-state index contributed by atoms with van der Waals surface area (Å²) in [4.78, 5) is 14.4. The van der Waals surface area contributed by atoms with Crippen LogP contribution in [-0.2, 0) is 21.5 Å². The lowest BCUT2D eigenvalue weighted by atomic mass is 9.72. The average molecular weight is 402 g/mol. The second-order valence-electron chi connectivity index (χ2n) is 8.43. The molecule has 0 spiro atoms. The van der Waals surface area contributed by atoms with Crippen molar-refractivity contribution in [2.75, 3.05) is 20.7 Å². The van der Waals surface area contributed by atoms with Gasteiger partial charge in [-0.15, -0.1) is 0 Å². The van der Waals surface area contributed by atoms with Gasteiger partial charge in [0, 0.05) is 24.9 Å². The third-order valence-electron chi connectivity index (χ3n) is 6.25. The van der Waals surface area contributed by atoms with Crippen molar-refractivity contribution in [1.82, 2.24) is 4.90 Å². The van der Waals surface area contributed by atoms with E-state index in [1.807, 2.05) is 12.1 Å². The summed E-state index contributed by atoms with van der Waals surface area (Å²) in [6, 6.07) is 4.14. The van der Waals surface area contributed by atoms with E-state index in [0.29, 0.717) is 12.8 Å². The summed E-state index contributed by atoms with van der Waals surface area (Å²) in [5.41, 5.74) is 2.21. The van der Waals surface area contributed by atoms with Gasteiger partial charge >= 0.3 is 5.97 Å². The van der Waals surface area contributed by atoms with Crippen molar-refractivity contribution in [2.45, 2.75) is 77.0 Å². The van der Waals surface area contributed by atoms with Crippen molar-refractivity contribution in [2.24, 2.45) is 0 Å². The highest BCUT2D eigenvalue weighted by Crippen LogP contribution is 2.53. The van der Waals surface area contributed by atoms with Crippen molar-refractivity contribution >= 4 is 5.97 Å². The van der Waals surface area contributed by atoms with E-state index in [1.54, 1.807) is 7.11 Å². The monoisotopic (exact) mass is 401 g/mol. The minimum absolute atomic E-state index is 0.0714. The molecule has 1 aliphatic heterocycles. The first-order valence-corrected chi connectivity index (χ1v) is 10.9. The van der Waals surface area contributed by atoms with Gasteiger partial charge in [-0.25, -0.2) is 0 Å². The number of hydrogen-bond donors (Lipinski definition) is 0. The van der Waals surface area contributed by atoms with Gasteiger partial charge in [-0.05, 0) is 44.6 Å². The molecule has 2 aliphatic rings. The maximum Gasteiger partial charge on any atom is 0.306 e. The van der Waals surface area contributed by atoms with Crippen LogP contribution >= 0.6 is 0 Å². The highest BCUT2D eigenvalue weighted by atomic mass is 16.6. The maximum atomic E-state index is 12.2. The number of esters is 1. The molecule has 0 fully saturated rings. The van der Waals surface area contributed by atoms with E-state index in [2.05, 4.69) is 44.9 Å². The van der Waals surface area contributed by atoms with Crippen LogP contribution in [0.5, 0.6) is 11.5 Å². The molecule has 3 rings (SSSR count). The fraction of sp³-hybridized carbons (Fsp3) is 0.625. The zero-order valence-electron chi connectivity index (χ0n) is 18.5. The molecule has 0 radical (unpaired) electrons. The SMILES string of the molecule is CCCCCC(=O)O[C@H]1C=C[C@@]2(C)c3c(CN(C)CC)ccc(OC)c3O[C@H]2C1. The van der Waals surface area contributed by atoms with Crippen LogP contribution in [0.1, 0.15) is 64.0 Å². The number of fused-ring (bicyclic) bond motifs is 3. The van der Waals surface area contributed by atoms with Crippen LogP contribution < -0.4 is 9.47 Å². The Labute approximate surface area is 175 Å². The zero-order valence-corrected chi connectivity index (χ0v) is 18.5. The fourth-order valence-corrected chi connectivity index (χ4v) is 4.35. The number of unbranched alkanes of at least 4 members (excludes halogenated alkanes) is 2. The van der Waals surface area contributed by atoms with Gasteiger partial charge < -0.3 is 19.1 Å². The van der Waals surface area contributed by atoms with Gasteiger partial charge in [0.05, 0.1) is 12.5 Å². The van der Waals surface area contributed by atoms with Crippen LogP contribution in [0.25, 0.3) is 0 Å². The molecule has 0 unspecified atom stereocenters. The van der Waals surface area contributed by atoms with E-state index in [1.165, 1.54) is 11.1 Å². The topological polar surface area (TPSA) is 48.0 Å². The Morgan fingerprint density at radius 2 is 2.10 bits per heavy atom. The quantitative estimate of drug-likeness (QED) is 0.343. The van der Waals surface area contributed by atoms with Gasteiger partial charge in [0.15, 0.2) is 11.5 Å². The van der Waals surface area contributed by atoms with E-state index >= 15 is 0 Å². The summed E-state index contributed by atoms with van der Waals surface area (Å²) in [5, 5.41) is 0. The number of hydrogen-bond acceptors (Lipinski definition) is 5. The number of carbonyl (C=O) groups is 1. The van der Waals surface area contributed by atoms with Crippen molar-refractivity contribution in [3.63, 3.8) is 0 Å². The largest absolute Gasteiger partial charge is 0.493 e. The van der Waals surface area contributed by atoms with E-state index in [4.69, 9.17) is 14.2 Å². The molecule has 5 heteroatoms. The lowest BCUT2D eigenvalue weighted by Crippen LogP contribution is -2.41. The highest BCUT2D eigenvalue weighted by Gasteiger charge is 2.49. The molecule has 0 amide bonds. The predicted molar refractivity (Wildman–Crippen MR) is 115 cm³/mol. The molecule has 1 aromatic rings. The first kappa shape index (κ1) is 21.7. The minimum Gasteiger partial charge on any atom is -0.493 e. The van der Waals surface area contributed by atoms with Gasteiger partial charge in [0.25, 0.3) is 0 Å². The summed E-state index contributed by atoms with van der Waals surface area (Å²) >= 11 is 0. The van der Waals surface area contributed by atoms with E-state index < -0.39 is 0 Å². The average Bonchev–Trinajstić information content (AvgIpc) is 3.01. The molecular formula is C24H35NO4. The molecule has 0 saturated carbocycles. The second-order valence-corrected chi connectivity index (χ2v) is 8.43. The molecule has 1 heterocycles. The maximum absolute atomic E-state index is 12.2. The summed E-state index contributed by atoms with van der Waals surface area (Å²) in [5.74, 6) is 1.48. The number of nitrogens with zero attached hydrogens (tertiary/aromatic N) is 1. The molecule has 5 nitrogen and oxygen atoms in total. The predicted octanol–water partition coefficient (Wildman–Crippen LogP) is 4.62. The Hall–Kier alpha value is -2.01. The van der Waals surface area contributed by atoms with Gasteiger partial charge in [-0.3, -0.25) is 4.79 Å². The molecule has 3 atom stereocenters. The number of ether oxygens (including phenoxy) is 3. The summed E-state index contributed by atoms with van der Waals surface area (Å²) < 4.78 is 17.7. The van der Waals surface area contributed by atoms with Gasteiger partial charge in [-0.2, -0.15) is 0 Å². The van der Waals surface area contributed by atoms with Crippen molar-refractivity contribution in [3.05, 3.63) is 35.4 Å². The van der Waals surface area contributed by atoms with Crippen LogP contribution in [-0.4, -0.2) is 43.8 Å². The Kier molecular flexibility index (Phi) is 6.89. The molecule has 0 saturated heterocycles. The Morgan fingerprint density at radius 1 is 1.31 bits per heavy atom. The third kappa shape index (κ3) is 4.45. The molecule has 0 aromatic heterocycles. The normalized spacial score (nSPS) is 24.8. The van der Waals surface area contributed by atoms with Crippen LogP contribution in [0, 0.1) is 0 Å². The van der Waals surface area contributed by atoms with Crippen molar-refractivity contribution < 1.29 is 19.0 Å². The summed E-state index contributed by atoms with van der Waals surface area (Å²) in [6.07, 6.45) is 8.10. The van der Waals surface area contributed by atoms with E-state index in [0.717, 1.165) is 43.9 Å². The Morgan fingerprint density at radius 3 is 2.79 bits per heavy atom. The fourth-order valence-electron chi connectivity index (χ4n) is 4.35. The summed E-state index contributed by atoms with van der Waals surface area (Å²) in [6.45, 7) is 8.34. The number of rotatable bonds is 9. The van der Waals surface area contributed by atoms with Gasteiger partial charge in [0.1, 0.15) is 12.2 Å². The van der Waals surface area contributed by atoms with Crippen LogP contribution in [0.4, 0.5) is 0 Å². The lowest BCUT2D eigenvalue weighted by Gasteiger charge is -2.34. The first-order chi connectivity index (χ1) is 13.9. The second kappa shape index (κ2) is 9.21. The van der Waals surface area contributed by atoms with Gasteiger partial charge in [0.2, 0.25) is 0 Å². The first-order valence-electron chi connectivity index (χ1n) is 10.9. The lowest BCUT2D eigenvalue weighted by molar-refractivity contribution is -0.148. The molecule has 160 valence electrons. The van der Waals surface area contributed by atoms with Gasteiger partial charge in [-0.1, -0.05) is 38.8 Å². The van der Waals surface area contributed by atoms with Crippen molar-refractivity contribution in [3.8, 4) is 11.5 Å². The molecule has 0 bridgehead atoms.